The van der Waals surface area contributed by atoms with Gasteiger partial charge in [0, 0.05) is 42.3 Å². The first kappa shape index (κ1) is 16.8. The van der Waals surface area contributed by atoms with E-state index in [0.29, 0.717) is 12.1 Å². The summed E-state index contributed by atoms with van der Waals surface area (Å²) in [7, 11) is 1.91. The minimum absolute atomic E-state index is 0.189. The molecule has 3 aromatic carbocycles. The zero-order chi connectivity index (χ0) is 19.3. The van der Waals surface area contributed by atoms with Crippen LogP contribution in [0.4, 0.5) is 4.39 Å². The third-order valence-corrected chi connectivity index (χ3v) is 5.57. The quantitative estimate of drug-likeness (QED) is 0.484. The topological polar surface area (TPSA) is 21.1 Å². The Balaban J connectivity index is 1.42. The van der Waals surface area contributed by atoms with Gasteiger partial charge in [0.25, 0.3) is 0 Å². The molecule has 4 heteroatoms. The molecule has 1 aliphatic heterocycles. The molecule has 0 saturated carbocycles. The number of nitrogens with zero attached hydrogens (tertiary/aromatic N) is 3. The van der Waals surface area contributed by atoms with Crippen molar-refractivity contribution in [3.63, 3.8) is 0 Å². The third kappa shape index (κ3) is 2.69. The van der Waals surface area contributed by atoms with E-state index in [1.165, 1.54) is 5.56 Å². The molecule has 3 nitrogen and oxygen atoms in total. The average Bonchev–Trinajstić information content (AvgIpc) is 3.24. The van der Waals surface area contributed by atoms with Gasteiger partial charge in [-0.1, -0.05) is 55.1 Å². The predicted molar refractivity (Wildman–Crippen MR) is 111 cm³/mol. The molecule has 138 valence electrons. The van der Waals surface area contributed by atoms with Crippen molar-refractivity contribution in [3.8, 4) is 11.1 Å². The van der Waals surface area contributed by atoms with Crippen molar-refractivity contribution >= 4 is 16.6 Å². The van der Waals surface area contributed by atoms with Crippen molar-refractivity contribution < 1.29 is 4.39 Å². The summed E-state index contributed by atoms with van der Waals surface area (Å²) >= 11 is 0. The zero-order valence-electron chi connectivity index (χ0n) is 15.7. The number of benzene rings is 3. The molecule has 0 radical (unpaired) electrons. The van der Waals surface area contributed by atoms with Crippen LogP contribution in [-0.2, 0) is 20.1 Å². The van der Waals surface area contributed by atoms with E-state index < -0.39 is 0 Å². The Kier molecular flexibility index (Phi) is 3.79. The summed E-state index contributed by atoms with van der Waals surface area (Å²) in [5.41, 5.74) is 6.93. The molecule has 0 amide bonds. The lowest BCUT2D eigenvalue weighted by Crippen LogP contribution is -2.15. The van der Waals surface area contributed by atoms with E-state index in [0.717, 1.165) is 39.8 Å². The van der Waals surface area contributed by atoms with E-state index in [9.17, 15) is 4.39 Å². The first-order chi connectivity index (χ1) is 13.6. The molecule has 0 saturated heterocycles. The summed E-state index contributed by atoms with van der Waals surface area (Å²) < 4.78 is 16.7. The first-order valence-electron chi connectivity index (χ1n) is 9.33. The molecule has 2 heterocycles. The fourth-order valence-electron chi connectivity index (χ4n) is 3.95. The lowest BCUT2D eigenvalue weighted by atomic mass is 10.0. The van der Waals surface area contributed by atoms with Crippen molar-refractivity contribution in [1.29, 1.82) is 0 Å². The highest BCUT2D eigenvalue weighted by molar-refractivity contribution is 5.84. The van der Waals surface area contributed by atoms with E-state index in [-0.39, 0.29) is 5.82 Å². The van der Waals surface area contributed by atoms with Crippen molar-refractivity contribution in [3.05, 3.63) is 95.9 Å². The van der Waals surface area contributed by atoms with Gasteiger partial charge in [-0.3, -0.25) is 4.68 Å². The number of fused-ring (bicyclic) bond motifs is 2. The first-order valence-corrected chi connectivity index (χ1v) is 9.33. The van der Waals surface area contributed by atoms with E-state index in [2.05, 4.69) is 34.8 Å². The molecule has 1 aliphatic rings. The van der Waals surface area contributed by atoms with Gasteiger partial charge in [0.1, 0.15) is 5.82 Å². The second-order valence-corrected chi connectivity index (χ2v) is 7.31. The molecule has 4 aromatic rings. The van der Waals surface area contributed by atoms with Gasteiger partial charge in [-0.05, 0) is 28.8 Å². The highest BCUT2D eigenvalue weighted by atomic mass is 19.1. The van der Waals surface area contributed by atoms with E-state index in [4.69, 9.17) is 0 Å². The molecular formula is C24H20FN3. The van der Waals surface area contributed by atoms with Crippen LogP contribution in [0.15, 0.2) is 73.4 Å². The molecule has 0 fully saturated rings. The van der Waals surface area contributed by atoms with Crippen LogP contribution in [0, 0.1) is 5.82 Å². The average molecular weight is 369 g/mol. The molecule has 0 N–H and O–H groups in total. The minimum atomic E-state index is -0.189. The maximum atomic E-state index is 14.9. The van der Waals surface area contributed by atoms with E-state index in [1.807, 2.05) is 54.3 Å². The van der Waals surface area contributed by atoms with Crippen molar-refractivity contribution in [1.82, 2.24) is 14.7 Å². The molecule has 5 rings (SSSR count). The zero-order valence-corrected chi connectivity index (χ0v) is 15.7. The lowest BCUT2D eigenvalue weighted by molar-refractivity contribution is 0.395. The van der Waals surface area contributed by atoms with Gasteiger partial charge in [-0.15, -0.1) is 0 Å². The van der Waals surface area contributed by atoms with E-state index in [1.54, 1.807) is 6.07 Å². The molecular weight excluding hydrogens is 349 g/mol. The monoisotopic (exact) mass is 369 g/mol. The van der Waals surface area contributed by atoms with Gasteiger partial charge in [0.05, 0.1) is 11.7 Å². The van der Waals surface area contributed by atoms with Crippen molar-refractivity contribution in [2.24, 2.45) is 7.05 Å². The third-order valence-electron chi connectivity index (χ3n) is 5.57. The number of aryl methyl sites for hydroxylation is 1. The highest BCUT2D eigenvalue weighted by Gasteiger charge is 2.22. The fourth-order valence-corrected chi connectivity index (χ4v) is 3.95. The Morgan fingerprint density at radius 2 is 1.82 bits per heavy atom. The number of hydrogen-bond donors (Lipinski definition) is 0. The second kappa shape index (κ2) is 6.34. The summed E-state index contributed by atoms with van der Waals surface area (Å²) in [5.74, 6) is -0.189. The maximum absolute atomic E-state index is 14.9. The molecule has 0 unspecified atom stereocenters. The van der Waals surface area contributed by atoms with E-state index >= 15 is 0 Å². The molecule has 0 bridgehead atoms. The Morgan fingerprint density at radius 1 is 1.04 bits per heavy atom. The van der Waals surface area contributed by atoms with Crippen LogP contribution in [0.2, 0.25) is 0 Å². The molecule has 28 heavy (non-hydrogen) atoms. The van der Waals surface area contributed by atoms with Crippen LogP contribution in [0.5, 0.6) is 0 Å². The van der Waals surface area contributed by atoms with Crippen LogP contribution in [0.3, 0.4) is 0 Å². The highest BCUT2D eigenvalue weighted by Crippen LogP contribution is 2.33. The molecule has 0 atom stereocenters. The summed E-state index contributed by atoms with van der Waals surface area (Å²) in [4.78, 5) is 2.13. The number of hydrogen-bond acceptors (Lipinski definition) is 2. The Hall–Kier alpha value is -3.40. The fraction of sp³-hybridized carbons (Fsp3) is 0.125. The standard InChI is InChI=1S/C24H20FN3/c1-16-22-6-4-3-5-20(22)14-28(16)15-21-10-8-17(11-23(21)25)18-7-9-19-13-26-27(2)24(19)12-18/h3-13H,1,14-15H2,2H3. The normalized spacial score (nSPS) is 13.4. The van der Waals surface area contributed by atoms with Crippen LogP contribution >= 0.6 is 0 Å². The molecule has 0 spiro atoms. The smallest absolute Gasteiger partial charge is 0.128 e. The minimum Gasteiger partial charge on any atom is -0.363 e. The number of rotatable bonds is 3. The van der Waals surface area contributed by atoms with Crippen LogP contribution in [0.1, 0.15) is 16.7 Å². The number of halogens is 1. The second-order valence-electron chi connectivity index (χ2n) is 7.31. The Morgan fingerprint density at radius 3 is 2.64 bits per heavy atom. The van der Waals surface area contributed by atoms with Gasteiger partial charge in [-0.2, -0.15) is 5.10 Å². The maximum Gasteiger partial charge on any atom is 0.128 e. The Labute approximate surface area is 163 Å². The number of aromatic nitrogens is 2. The van der Waals surface area contributed by atoms with Gasteiger partial charge >= 0.3 is 0 Å². The van der Waals surface area contributed by atoms with Crippen LogP contribution in [0.25, 0.3) is 27.7 Å². The molecule has 1 aromatic heterocycles. The van der Waals surface area contributed by atoms with Crippen molar-refractivity contribution in [2.75, 3.05) is 0 Å². The summed E-state index contributed by atoms with van der Waals surface area (Å²) in [6.45, 7) is 5.48. The lowest BCUT2D eigenvalue weighted by Gasteiger charge is -2.20. The predicted octanol–water partition coefficient (Wildman–Crippen LogP) is 5.37. The molecule has 0 aliphatic carbocycles. The summed E-state index contributed by atoms with van der Waals surface area (Å²) in [6, 6.07) is 19.8. The Bertz CT molecular complexity index is 1220. The van der Waals surface area contributed by atoms with Crippen LogP contribution in [-0.4, -0.2) is 14.7 Å². The van der Waals surface area contributed by atoms with Gasteiger partial charge in [0.2, 0.25) is 0 Å². The summed E-state index contributed by atoms with van der Waals surface area (Å²) in [5, 5.41) is 5.35. The largest absolute Gasteiger partial charge is 0.363 e. The SMILES string of the molecule is C=C1c2ccccc2CN1Cc1ccc(-c2ccc3cnn(C)c3c2)cc1F. The van der Waals surface area contributed by atoms with Gasteiger partial charge in [-0.25, -0.2) is 4.39 Å². The van der Waals surface area contributed by atoms with Gasteiger partial charge in [0.15, 0.2) is 0 Å². The van der Waals surface area contributed by atoms with Crippen LogP contribution < -0.4 is 0 Å². The van der Waals surface area contributed by atoms with Crippen molar-refractivity contribution in [2.45, 2.75) is 13.1 Å². The van der Waals surface area contributed by atoms with Gasteiger partial charge < -0.3 is 4.90 Å². The summed E-state index contributed by atoms with van der Waals surface area (Å²) in [6.07, 6.45) is 1.84.